The first-order chi connectivity index (χ1) is 16.0. The standard InChI is InChI=1S/C20H14F3N6O4P/c21-20(22,23)12-8-13-15(29-16(10-34(31,32)33)26-27-18(29)19(30)25-13)9-14(12)28-7-6-24-17(28)11-4-2-1-3-5-11/h1-9H,10H2,(H,25,30)(H2,31,32,33). The highest BCUT2D eigenvalue weighted by Crippen LogP contribution is 2.40. The highest BCUT2D eigenvalue weighted by Gasteiger charge is 2.35. The van der Waals surface area contributed by atoms with Crippen molar-refractivity contribution < 1.29 is 27.5 Å². The minimum Gasteiger partial charge on any atom is -0.324 e. The Bertz CT molecular complexity index is 1650. The molecule has 0 aliphatic heterocycles. The summed E-state index contributed by atoms with van der Waals surface area (Å²) in [5, 5.41) is 7.35. The van der Waals surface area contributed by atoms with E-state index in [1.165, 1.54) is 17.0 Å². The van der Waals surface area contributed by atoms with Crippen molar-refractivity contribution in [3.05, 3.63) is 76.6 Å². The first-order valence-corrected chi connectivity index (χ1v) is 11.5. The van der Waals surface area contributed by atoms with Gasteiger partial charge in [-0.05, 0) is 12.1 Å². The molecule has 0 aliphatic rings. The van der Waals surface area contributed by atoms with Crippen molar-refractivity contribution in [1.29, 1.82) is 0 Å². The fourth-order valence-electron chi connectivity index (χ4n) is 3.77. The molecule has 10 nitrogen and oxygen atoms in total. The molecule has 0 unspecified atom stereocenters. The molecular formula is C20H14F3N6O4P. The van der Waals surface area contributed by atoms with Crippen LogP contribution < -0.4 is 5.56 Å². The number of imidazole rings is 1. The number of nitrogens with zero attached hydrogens (tertiary/aromatic N) is 5. The van der Waals surface area contributed by atoms with Crippen LogP contribution in [0.3, 0.4) is 0 Å². The highest BCUT2D eigenvalue weighted by molar-refractivity contribution is 7.50. The van der Waals surface area contributed by atoms with E-state index in [4.69, 9.17) is 0 Å². The van der Waals surface area contributed by atoms with Gasteiger partial charge in [0.1, 0.15) is 17.8 Å². The number of hydrogen-bond donors (Lipinski definition) is 3. The topological polar surface area (TPSA) is 138 Å². The molecule has 0 aliphatic carbocycles. The second kappa shape index (κ2) is 7.62. The second-order valence-electron chi connectivity index (χ2n) is 7.42. The minimum atomic E-state index is -4.80. The molecule has 0 amide bonds. The Balaban J connectivity index is 1.87. The van der Waals surface area contributed by atoms with Gasteiger partial charge in [0.15, 0.2) is 0 Å². The number of rotatable bonds is 4. The molecule has 2 aromatic carbocycles. The molecule has 0 saturated heterocycles. The van der Waals surface area contributed by atoms with Crippen LogP contribution >= 0.6 is 7.60 Å². The summed E-state index contributed by atoms with van der Waals surface area (Å²) in [6, 6.07) is 10.5. The summed E-state index contributed by atoms with van der Waals surface area (Å²) in [5.41, 5.74) is -2.13. The lowest BCUT2D eigenvalue weighted by atomic mass is 10.1. The molecule has 14 heteroatoms. The first kappa shape index (κ1) is 22.0. The third-order valence-electron chi connectivity index (χ3n) is 5.12. The van der Waals surface area contributed by atoms with Crippen molar-refractivity contribution in [3.8, 4) is 17.1 Å². The van der Waals surface area contributed by atoms with Crippen LogP contribution in [0.4, 0.5) is 13.2 Å². The summed E-state index contributed by atoms with van der Waals surface area (Å²) >= 11 is 0. The highest BCUT2D eigenvalue weighted by atomic mass is 31.2. The van der Waals surface area contributed by atoms with E-state index < -0.39 is 31.1 Å². The fraction of sp³-hybridized carbons (Fsp3) is 0.100. The Hall–Kier alpha value is -3.80. The van der Waals surface area contributed by atoms with E-state index in [9.17, 15) is 32.3 Å². The number of hydrogen-bond acceptors (Lipinski definition) is 5. The zero-order chi connectivity index (χ0) is 24.3. The van der Waals surface area contributed by atoms with Crippen molar-refractivity contribution in [2.45, 2.75) is 12.3 Å². The monoisotopic (exact) mass is 490 g/mol. The van der Waals surface area contributed by atoms with Gasteiger partial charge >= 0.3 is 13.8 Å². The van der Waals surface area contributed by atoms with Crippen LogP contribution in [-0.2, 0) is 16.9 Å². The minimum absolute atomic E-state index is 0.0266. The molecule has 0 bridgehead atoms. The molecule has 0 fully saturated rings. The zero-order valence-corrected chi connectivity index (χ0v) is 17.8. The average molecular weight is 490 g/mol. The van der Waals surface area contributed by atoms with Gasteiger partial charge in [0.2, 0.25) is 5.65 Å². The first-order valence-electron chi connectivity index (χ1n) is 9.68. The number of fused-ring (bicyclic) bond motifs is 3. The molecule has 3 N–H and O–H groups in total. The lowest BCUT2D eigenvalue weighted by Crippen LogP contribution is -2.16. The maximum atomic E-state index is 14.1. The predicted octanol–water partition coefficient (Wildman–Crippen LogP) is 3.12. The van der Waals surface area contributed by atoms with Gasteiger partial charge in [-0.2, -0.15) is 13.2 Å². The number of nitrogens with one attached hydrogen (secondary N) is 1. The number of aromatic amines is 1. The maximum Gasteiger partial charge on any atom is 0.418 e. The lowest BCUT2D eigenvalue weighted by molar-refractivity contribution is -0.137. The third kappa shape index (κ3) is 3.79. The van der Waals surface area contributed by atoms with E-state index in [1.807, 2.05) is 0 Å². The Morgan fingerprint density at radius 1 is 1.09 bits per heavy atom. The summed E-state index contributed by atoms with van der Waals surface area (Å²) in [5.74, 6) is -0.0237. The molecule has 0 radical (unpaired) electrons. The summed E-state index contributed by atoms with van der Waals surface area (Å²) < 4.78 is 56.2. The van der Waals surface area contributed by atoms with Gasteiger partial charge in [0.05, 0.1) is 22.3 Å². The van der Waals surface area contributed by atoms with E-state index >= 15 is 0 Å². The number of benzene rings is 2. The van der Waals surface area contributed by atoms with E-state index in [0.717, 1.165) is 16.5 Å². The van der Waals surface area contributed by atoms with Crippen LogP contribution in [0.25, 0.3) is 33.8 Å². The summed E-state index contributed by atoms with van der Waals surface area (Å²) in [6.45, 7) is 0. The van der Waals surface area contributed by atoms with Crippen molar-refractivity contribution in [2.75, 3.05) is 0 Å². The number of alkyl halides is 3. The van der Waals surface area contributed by atoms with E-state index in [0.29, 0.717) is 5.56 Å². The van der Waals surface area contributed by atoms with Crippen LogP contribution in [0.1, 0.15) is 11.4 Å². The molecule has 5 aromatic rings. The van der Waals surface area contributed by atoms with E-state index in [1.54, 1.807) is 30.3 Å². The van der Waals surface area contributed by atoms with Crippen LogP contribution in [0.5, 0.6) is 0 Å². The van der Waals surface area contributed by atoms with Gasteiger partial charge in [-0.3, -0.25) is 18.3 Å². The van der Waals surface area contributed by atoms with Crippen LogP contribution in [0, 0.1) is 0 Å². The van der Waals surface area contributed by atoms with Gasteiger partial charge in [0.25, 0.3) is 5.56 Å². The SMILES string of the molecule is O=c1[nH]c2cc(C(F)(F)F)c(-n3ccnc3-c3ccccc3)cc2n2c(CP(=O)(O)O)nnc12. The summed E-state index contributed by atoms with van der Waals surface area (Å²) in [4.78, 5) is 37.7. The Morgan fingerprint density at radius 3 is 2.50 bits per heavy atom. The molecule has 0 spiro atoms. The largest absolute Gasteiger partial charge is 0.418 e. The van der Waals surface area contributed by atoms with Gasteiger partial charge in [-0.15, -0.1) is 10.2 Å². The second-order valence-corrected chi connectivity index (χ2v) is 9.07. The lowest BCUT2D eigenvalue weighted by Gasteiger charge is -2.17. The van der Waals surface area contributed by atoms with E-state index in [-0.39, 0.29) is 34.0 Å². The molecule has 5 rings (SSSR count). The molecule has 174 valence electrons. The zero-order valence-electron chi connectivity index (χ0n) is 16.9. The van der Waals surface area contributed by atoms with Crippen LogP contribution in [0.2, 0.25) is 0 Å². The number of halogens is 3. The molecule has 0 atom stereocenters. The van der Waals surface area contributed by atoms with E-state index in [2.05, 4.69) is 20.2 Å². The molecule has 0 saturated carbocycles. The van der Waals surface area contributed by atoms with Crippen molar-refractivity contribution >= 4 is 24.3 Å². The van der Waals surface area contributed by atoms with Gasteiger partial charge in [-0.25, -0.2) is 4.98 Å². The quantitative estimate of drug-likeness (QED) is 0.329. The molecular weight excluding hydrogens is 476 g/mol. The molecule has 3 aromatic heterocycles. The predicted molar refractivity (Wildman–Crippen MR) is 114 cm³/mol. The number of H-pyrrole nitrogens is 1. The molecule has 34 heavy (non-hydrogen) atoms. The number of aromatic nitrogens is 6. The maximum absolute atomic E-state index is 14.1. The fourth-order valence-corrected chi connectivity index (χ4v) is 4.34. The summed E-state index contributed by atoms with van der Waals surface area (Å²) in [7, 11) is -4.63. The molecule has 3 heterocycles. The third-order valence-corrected chi connectivity index (χ3v) is 5.82. The van der Waals surface area contributed by atoms with Gasteiger partial charge in [0, 0.05) is 18.0 Å². The van der Waals surface area contributed by atoms with Crippen molar-refractivity contribution in [3.63, 3.8) is 0 Å². The van der Waals surface area contributed by atoms with Crippen molar-refractivity contribution in [1.82, 2.24) is 29.1 Å². The smallest absolute Gasteiger partial charge is 0.324 e. The normalized spacial score (nSPS) is 12.6. The van der Waals surface area contributed by atoms with Crippen molar-refractivity contribution in [2.24, 2.45) is 0 Å². The van der Waals surface area contributed by atoms with Gasteiger partial charge < -0.3 is 14.8 Å². The average Bonchev–Trinajstić information content (AvgIpc) is 3.40. The summed E-state index contributed by atoms with van der Waals surface area (Å²) in [6.07, 6.45) is -2.93. The Morgan fingerprint density at radius 2 is 1.82 bits per heavy atom. The Kier molecular flexibility index (Phi) is 4.93. The van der Waals surface area contributed by atoms with Gasteiger partial charge in [-0.1, -0.05) is 30.3 Å². The van der Waals surface area contributed by atoms with Crippen LogP contribution in [-0.4, -0.2) is 38.9 Å². The Labute approximate surface area is 187 Å². The van der Waals surface area contributed by atoms with Crippen LogP contribution in [0.15, 0.2) is 59.7 Å².